The molecule has 0 radical (unpaired) electrons. The van der Waals surface area contributed by atoms with Crippen molar-refractivity contribution >= 4 is 38.5 Å². The summed E-state index contributed by atoms with van der Waals surface area (Å²) >= 11 is 2.57. The molecule has 154 valence electrons. The van der Waals surface area contributed by atoms with Crippen molar-refractivity contribution < 1.29 is 26.4 Å². The lowest BCUT2D eigenvalue weighted by atomic mass is 10.1. The number of hydrogen-bond donors (Lipinski definition) is 0. The fraction of sp³-hybridized carbons (Fsp3) is 0.294. The summed E-state index contributed by atoms with van der Waals surface area (Å²) in [6.07, 6.45) is -0.0307. The highest BCUT2D eigenvalue weighted by molar-refractivity contribution is 7.92. The van der Waals surface area contributed by atoms with Crippen LogP contribution in [-0.4, -0.2) is 34.1 Å². The Labute approximate surface area is 172 Å². The van der Waals surface area contributed by atoms with E-state index in [1.54, 1.807) is 0 Å². The number of aromatic nitrogens is 3. The van der Waals surface area contributed by atoms with Gasteiger partial charge in [-0.05, 0) is 43.1 Å². The predicted octanol–water partition coefficient (Wildman–Crippen LogP) is 3.93. The zero-order valence-corrected chi connectivity index (χ0v) is 17.6. The number of ketones is 1. The van der Waals surface area contributed by atoms with E-state index in [1.165, 1.54) is 23.5 Å². The summed E-state index contributed by atoms with van der Waals surface area (Å²) in [5.41, 5.74) is -4.14. The standard InChI is InChI=1S/C17H14F3N3O3S3/c1-9-15(27-10(2)21-9)16-22-14(28-23-16)8-12(24)7-11-3-5-13(6-4-11)29(25,26)17(18,19)20/h3-6H,7-8H2,1-2H3. The maximum atomic E-state index is 12.6. The summed E-state index contributed by atoms with van der Waals surface area (Å²) < 4.78 is 64.7. The molecule has 0 amide bonds. The molecule has 0 spiro atoms. The second-order valence-electron chi connectivity index (χ2n) is 6.14. The maximum Gasteiger partial charge on any atom is 0.501 e. The number of alkyl halides is 3. The quantitative estimate of drug-likeness (QED) is 0.553. The summed E-state index contributed by atoms with van der Waals surface area (Å²) in [7, 11) is -5.40. The molecule has 6 nitrogen and oxygen atoms in total. The molecule has 2 heterocycles. The highest BCUT2D eigenvalue weighted by Gasteiger charge is 2.46. The van der Waals surface area contributed by atoms with Gasteiger partial charge in [-0.2, -0.15) is 17.5 Å². The van der Waals surface area contributed by atoms with Gasteiger partial charge >= 0.3 is 5.51 Å². The number of carbonyl (C=O) groups excluding carboxylic acids is 1. The van der Waals surface area contributed by atoms with Gasteiger partial charge in [-0.3, -0.25) is 4.79 Å². The van der Waals surface area contributed by atoms with Gasteiger partial charge in [0.25, 0.3) is 9.84 Å². The first-order valence-corrected chi connectivity index (χ1v) is 11.2. The minimum atomic E-state index is -5.40. The van der Waals surface area contributed by atoms with E-state index in [1.807, 2.05) is 13.8 Å². The molecule has 0 aliphatic carbocycles. The van der Waals surface area contributed by atoms with Gasteiger partial charge in [0.1, 0.15) is 10.8 Å². The molecule has 0 saturated heterocycles. The molecule has 0 fully saturated rings. The molecule has 0 aliphatic heterocycles. The summed E-state index contributed by atoms with van der Waals surface area (Å²) in [5.74, 6) is 0.305. The Morgan fingerprint density at radius 2 is 1.72 bits per heavy atom. The van der Waals surface area contributed by atoms with Crippen LogP contribution < -0.4 is 0 Å². The molecule has 29 heavy (non-hydrogen) atoms. The monoisotopic (exact) mass is 461 g/mol. The fourth-order valence-electron chi connectivity index (χ4n) is 2.54. The molecule has 0 unspecified atom stereocenters. The molecule has 0 N–H and O–H groups in total. The summed E-state index contributed by atoms with van der Waals surface area (Å²) in [6, 6.07) is 4.10. The highest BCUT2D eigenvalue weighted by atomic mass is 32.2. The third kappa shape index (κ3) is 4.70. The van der Waals surface area contributed by atoms with Gasteiger partial charge in [0.05, 0.1) is 26.9 Å². The van der Waals surface area contributed by atoms with Gasteiger partial charge in [-0.15, -0.1) is 11.3 Å². The summed E-state index contributed by atoms with van der Waals surface area (Å²) in [4.78, 5) is 20.9. The van der Waals surface area contributed by atoms with Crippen LogP contribution >= 0.6 is 22.9 Å². The number of nitrogens with zero attached hydrogens (tertiary/aromatic N) is 3. The number of aryl methyl sites for hydroxylation is 2. The van der Waals surface area contributed by atoms with Crippen molar-refractivity contribution in [3.05, 3.63) is 45.5 Å². The van der Waals surface area contributed by atoms with Gasteiger partial charge in [0.15, 0.2) is 5.82 Å². The Morgan fingerprint density at radius 1 is 1.07 bits per heavy atom. The molecule has 0 bridgehead atoms. The van der Waals surface area contributed by atoms with Crippen LogP contribution in [0.5, 0.6) is 0 Å². The van der Waals surface area contributed by atoms with Crippen molar-refractivity contribution in [2.24, 2.45) is 0 Å². The van der Waals surface area contributed by atoms with Crippen molar-refractivity contribution in [1.82, 2.24) is 14.3 Å². The topological polar surface area (TPSA) is 89.9 Å². The lowest BCUT2D eigenvalue weighted by Crippen LogP contribution is -2.23. The normalized spacial score (nSPS) is 12.3. The first-order valence-electron chi connectivity index (χ1n) is 8.16. The Hall–Kier alpha value is -2.18. The lowest BCUT2D eigenvalue weighted by molar-refractivity contribution is -0.117. The number of thiazole rings is 1. The molecule has 12 heteroatoms. The van der Waals surface area contributed by atoms with Gasteiger partial charge in [-0.25, -0.2) is 18.4 Å². The third-order valence-electron chi connectivity index (χ3n) is 3.86. The highest BCUT2D eigenvalue weighted by Crippen LogP contribution is 2.30. The van der Waals surface area contributed by atoms with Crippen LogP contribution in [0.2, 0.25) is 0 Å². The van der Waals surface area contributed by atoms with Crippen LogP contribution in [0.1, 0.15) is 21.3 Å². The first kappa shape index (κ1) is 21.5. The minimum absolute atomic E-state index is 0.0249. The number of rotatable bonds is 6. The van der Waals surface area contributed by atoms with Crippen LogP contribution in [0.4, 0.5) is 13.2 Å². The number of benzene rings is 1. The number of Topliss-reactive ketones (excluding diaryl/α,β-unsaturated/α-hetero) is 1. The van der Waals surface area contributed by atoms with Gasteiger partial charge in [0, 0.05) is 6.42 Å². The molecule has 0 aliphatic rings. The fourth-order valence-corrected chi connectivity index (χ4v) is 4.89. The van der Waals surface area contributed by atoms with E-state index in [0.29, 0.717) is 16.4 Å². The van der Waals surface area contributed by atoms with E-state index < -0.39 is 20.2 Å². The SMILES string of the molecule is Cc1nc(C)c(-c2nsc(CC(=O)Cc3ccc(S(=O)(=O)C(F)(F)F)cc3)n2)s1. The van der Waals surface area contributed by atoms with E-state index in [4.69, 9.17) is 0 Å². The van der Waals surface area contributed by atoms with E-state index >= 15 is 0 Å². The Balaban J connectivity index is 1.67. The largest absolute Gasteiger partial charge is 0.501 e. The Bertz CT molecular complexity index is 1150. The third-order valence-corrected chi connectivity index (χ3v) is 7.14. The molecule has 0 saturated carbocycles. The molecule has 2 aromatic heterocycles. The molecule has 3 rings (SSSR count). The van der Waals surface area contributed by atoms with E-state index in [2.05, 4.69) is 14.3 Å². The second-order valence-corrected chi connectivity index (χ2v) is 10.1. The number of sulfone groups is 1. The Kier molecular flexibility index (Phi) is 5.88. The second kappa shape index (κ2) is 7.92. The van der Waals surface area contributed by atoms with Crippen molar-refractivity contribution in [2.75, 3.05) is 0 Å². The van der Waals surface area contributed by atoms with Gasteiger partial charge in [0.2, 0.25) is 0 Å². The van der Waals surface area contributed by atoms with Crippen LogP contribution in [-0.2, 0) is 27.5 Å². The smallest absolute Gasteiger partial charge is 0.299 e. The van der Waals surface area contributed by atoms with Crippen LogP contribution in [0, 0.1) is 13.8 Å². The molecular weight excluding hydrogens is 447 g/mol. The molecule has 1 aromatic carbocycles. The van der Waals surface area contributed by atoms with E-state index in [0.717, 1.165) is 39.2 Å². The van der Waals surface area contributed by atoms with Crippen molar-refractivity contribution in [3.8, 4) is 10.7 Å². The maximum absolute atomic E-state index is 12.6. The van der Waals surface area contributed by atoms with Gasteiger partial charge < -0.3 is 0 Å². The average Bonchev–Trinajstić information content (AvgIpc) is 3.20. The van der Waals surface area contributed by atoms with E-state index in [-0.39, 0.29) is 18.6 Å². The molecular formula is C17H14F3N3O3S3. The summed E-state index contributed by atoms with van der Waals surface area (Å²) in [5, 5.41) is 1.41. The van der Waals surface area contributed by atoms with Crippen LogP contribution in [0.3, 0.4) is 0 Å². The van der Waals surface area contributed by atoms with Crippen molar-refractivity contribution in [1.29, 1.82) is 0 Å². The molecule has 3 aromatic rings. The average molecular weight is 462 g/mol. The van der Waals surface area contributed by atoms with Crippen molar-refractivity contribution in [3.63, 3.8) is 0 Å². The van der Waals surface area contributed by atoms with Crippen LogP contribution in [0.25, 0.3) is 10.7 Å². The lowest BCUT2D eigenvalue weighted by Gasteiger charge is -2.08. The van der Waals surface area contributed by atoms with Crippen LogP contribution in [0.15, 0.2) is 29.2 Å². The number of halogens is 3. The van der Waals surface area contributed by atoms with E-state index in [9.17, 15) is 26.4 Å². The first-order chi connectivity index (χ1) is 13.5. The summed E-state index contributed by atoms with van der Waals surface area (Å²) in [6.45, 7) is 3.73. The molecule has 0 atom stereocenters. The zero-order valence-electron chi connectivity index (χ0n) is 15.1. The minimum Gasteiger partial charge on any atom is -0.299 e. The van der Waals surface area contributed by atoms with Gasteiger partial charge in [-0.1, -0.05) is 12.1 Å². The van der Waals surface area contributed by atoms with Crippen molar-refractivity contribution in [2.45, 2.75) is 37.1 Å². The number of carbonyl (C=O) groups is 1. The predicted molar refractivity (Wildman–Crippen MR) is 103 cm³/mol. The number of hydrogen-bond acceptors (Lipinski definition) is 8. The Morgan fingerprint density at radius 3 is 2.28 bits per heavy atom. The zero-order chi connectivity index (χ0) is 21.4.